The first-order valence-corrected chi connectivity index (χ1v) is 15.1. The highest BCUT2D eigenvalue weighted by molar-refractivity contribution is 14.1. The molecule has 0 amide bonds. The number of unbranched alkanes of at least 4 members (excludes halogenated alkanes) is 15. The summed E-state index contributed by atoms with van der Waals surface area (Å²) >= 11 is 2.73. The van der Waals surface area contributed by atoms with Crippen LogP contribution in [-0.2, 0) is 5.41 Å². The number of fused-ring (bicyclic) bond motifs is 1. The molecule has 0 radical (unpaired) electrons. The normalized spacial score (nSPS) is 21.3. The minimum atomic E-state index is 0.181. The monoisotopic (exact) mass is 570 g/mol. The van der Waals surface area contributed by atoms with Gasteiger partial charge in [0.1, 0.15) is 17.5 Å². The van der Waals surface area contributed by atoms with E-state index in [2.05, 4.69) is 68.8 Å². The molecule has 0 saturated heterocycles. The molecule has 0 bridgehead atoms. The summed E-state index contributed by atoms with van der Waals surface area (Å²) in [5, 5.41) is 0. The summed E-state index contributed by atoms with van der Waals surface area (Å²) in [5.41, 5.74) is 3.15. The number of hydrogen-bond donors (Lipinski definition) is 0. The molecule has 0 saturated carbocycles. The third-order valence-corrected chi connectivity index (χ3v) is 10.1. The highest BCUT2D eigenvalue weighted by atomic mass is 127. The Balaban J connectivity index is 1.55. The van der Waals surface area contributed by atoms with Gasteiger partial charge in [0, 0.05) is 17.0 Å². The van der Waals surface area contributed by atoms with Gasteiger partial charge in [0.2, 0.25) is 0 Å². The largest absolute Gasteiger partial charge is 0.497 e. The van der Waals surface area contributed by atoms with Crippen LogP contribution in [0.25, 0.3) is 0 Å². The maximum Gasteiger partial charge on any atom is 0.254 e. The Kier molecular flexibility index (Phi) is 13.1. The minimum absolute atomic E-state index is 0.181. The molecule has 0 N–H and O–H groups in total. The van der Waals surface area contributed by atoms with Gasteiger partial charge in [-0.3, -0.25) is 0 Å². The van der Waals surface area contributed by atoms with Gasteiger partial charge in [-0.15, -0.1) is 0 Å². The first kappa shape index (κ1) is 28.9. The van der Waals surface area contributed by atoms with E-state index < -0.39 is 0 Å². The zero-order chi connectivity index (χ0) is 24.2. The topological polar surface area (TPSA) is 9.23 Å². The van der Waals surface area contributed by atoms with E-state index in [0.29, 0.717) is 6.04 Å². The second kappa shape index (κ2) is 15.0. The van der Waals surface area contributed by atoms with E-state index in [9.17, 15) is 0 Å². The number of benzene rings is 1. The SMILES string of the molecule is CCCCCCCCCCCCCCCCCC[N+]1(I)c2ccc(OC)cc2C(C)(C)C1C. The van der Waals surface area contributed by atoms with Gasteiger partial charge in [-0.2, -0.15) is 0 Å². The fourth-order valence-electron chi connectivity index (χ4n) is 5.63. The molecule has 2 unspecified atom stereocenters. The van der Waals surface area contributed by atoms with Gasteiger partial charge in [0.05, 0.1) is 13.7 Å². The van der Waals surface area contributed by atoms with Gasteiger partial charge in [0.25, 0.3) is 22.9 Å². The molecule has 2 rings (SSSR count). The van der Waals surface area contributed by atoms with Gasteiger partial charge < -0.3 is 4.74 Å². The smallest absolute Gasteiger partial charge is 0.254 e. The molecular weight excluding hydrogens is 517 g/mol. The summed E-state index contributed by atoms with van der Waals surface area (Å²) in [6.45, 7) is 10.8. The van der Waals surface area contributed by atoms with E-state index in [1.807, 2.05) is 0 Å². The summed E-state index contributed by atoms with van der Waals surface area (Å²) < 4.78 is 6.57. The van der Waals surface area contributed by atoms with Crippen molar-refractivity contribution in [2.24, 2.45) is 0 Å². The molecule has 0 fully saturated rings. The summed E-state index contributed by atoms with van der Waals surface area (Å²) in [6.07, 6.45) is 22.9. The summed E-state index contributed by atoms with van der Waals surface area (Å²) in [7, 11) is 1.77. The third-order valence-electron chi connectivity index (χ3n) is 8.29. The summed E-state index contributed by atoms with van der Waals surface area (Å²) in [6, 6.07) is 7.32. The molecule has 2 nitrogen and oxygen atoms in total. The molecule has 1 aliphatic rings. The van der Waals surface area contributed by atoms with Crippen molar-refractivity contribution in [3.63, 3.8) is 0 Å². The van der Waals surface area contributed by atoms with Gasteiger partial charge >= 0.3 is 0 Å². The number of halogens is 1. The highest BCUT2D eigenvalue weighted by Gasteiger charge is 2.54. The van der Waals surface area contributed by atoms with Crippen LogP contribution in [0.4, 0.5) is 5.69 Å². The minimum Gasteiger partial charge on any atom is -0.497 e. The van der Waals surface area contributed by atoms with Crippen LogP contribution in [0.1, 0.15) is 136 Å². The standard InChI is InChI=1S/C30H53INO/c1-6-7-8-9-10-11-12-13-14-15-16-17-18-19-20-21-24-32(31)26(2)30(3,4)28-25-27(33-5)22-23-29(28)32/h22-23,25-26H,6-21,24H2,1-5H3/q+1. The zero-order valence-electron chi connectivity index (χ0n) is 22.6. The van der Waals surface area contributed by atoms with Crippen LogP contribution in [0.5, 0.6) is 5.75 Å². The lowest BCUT2D eigenvalue weighted by atomic mass is 9.81. The van der Waals surface area contributed by atoms with E-state index in [-0.39, 0.29) is 5.41 Å². The lowest BCUT2D eigenvalue weighted by Crippen LogP contribution is -2.49. The quantitative estimate of drug-likeness (QED) is 0.0969. The lowest BCUT2D eigenvalue weighted by molar-refractivity contribution is 0.313. The molecule has 0 aromatic heterocycles. The number of nitrogens with zero attached hydrogens (tertiary/aromatic N) is 1. The Morgan fingerprint density at radius 2 is 1.24 bits per heavy atom. The first-order chi connectivity index (χ1) is 15.9. The Hall–Kier alpha value is -0.290. The Bertz CT molecular complexity index is 673. The average molecular weight is 571 g/mol. The zero-order valence-corrected chi connectivity index (χ0v) is 24.7. The molecule has 3 heteroatoms. The van der Waals surface area contributed by atoms with Crippen LogP contribution >= 0.6 is 22.9 Å². The maximum atomic E-state index is 5.52. The highest BCUT2D eigenvalue weighted by Crippen LogP contribution is 2.53. The molecule has 1 aromatic carbocycles. The molecule has 2 atom stereocenters. The van der Waals surface area contributed by atoms with E-state index in [4.69, 9.17) is 4.74 Å². The van der Waals surface area contributed by atoms with Crippen molar-refractivity contribution in [2.75, 3.05) is 13.7 Å². The summed E-state index contributed by atoms with van der Waals surface area (Å²) in [5.74, 6) is 0.987. The molecule has 0 spiro atoms. The second-order valence-corrected chi connectivity index (χ2v) is 12.8. The van der Waals surface area contributed by atoms with Gasteiger partial charge in [-0.25, -0.2) is 2.70 Å². The summed E-state index contributed by atoms with van der Waals surface area (Å²) in [4.78, 5) is 0. The average Bonchev–Trinajstić information content (AvgIpc) is 2.96. The Morgan fingerprint density at radius 1 is 0.788 bits per heavy atom. The predicted molar refractivity (Wildman–Crippen MR) is 156 cm³/mol. The van der Waals surface area contributed by atoms with Crippen LogP contribution in [-0.4, -0.2) is 19.7 Å². The molecule has 33 heavy (non-hydrogen) atoms. The van der Waals surface area contributed by atoms with Crippen molar-refractivity contribution in [3.8, 4) is 5.75 Å². The van der Waals surface area contributed by atoms with Crippen molar-refractivity contribution < 1.29 is 4.74 Å². The van der Waals surface area contributed by atoms with Crippen molar-refractivity contribution in [1.82, 2.24) is 2.70 Å². The molecule has 1 heterocycles. The molecule has 1 aliphatic heterocycles. The lowest BCUT2D eigenvalue weighted by Gasteiger charge is -2.35. The Morgan fingerprint density at radius 3 is 1.70 bits per heavy atom. The van der Waals surface area contributed by atoms with E-state index in [1.54, 1.807) is 7.11 Å². The van der Waals surface area contributed by atoms with Gasteiger partial charge in [-0.1, -0.05) is 96.8 Å². The fourth-order valence-corrected chi connectivity index (χ4v) is 7.09. The fraction of sp³-hybridized carbons (Fsp3) is 0.800. The molecule has 0 aliphatic carbocycles. The van der Waals surface area contributed by atoms with Crippen molar-refractivity contribution >= 4 is 28.6 Å². The number of ether oxygens (including phenoxy) is 1. The van der Waals surface area contributed by atoms with Crippen LogP contribution in [0.2, 0.25) is 0 Å². The van der Waals surface area contributed by atoms with E-state index >= 15 is 0 Å². The number of quaternary nitrogens is 1. The van der Waals surface area contributed by atoms with Crippen molar-refractivity contribution in [3.05, 3.63) is 23.8 Å². The maximum absolute atomic E-state index is 5.52. The third kappa shape index (κ3) is 8.40. The van der Waals surface area contributed by atoms with E-state index in [1.165, 1.54) is 121 Å². The predicted octanol–water partition coefficient (Wildman–Crippen LogP) is 10.3. The van der Waals surface area contributed by atoms with Crippen LogP contribution < -0.4 is 7.43 Å². The number of rotatable bonds is 18. The van der Waals surface area contributed by atoms with Crippen LogP contribution in [0.3, 0.4) is 0 Å². The number of hydrogen-bond acceptors (Lipinski definition) is 1. The van der Waals surface area contributed by atoms with Crippen LogP contribution in [0, 0.1) is 0 Å². The Labute approximate surface area is 220 Å². The second-order valence-electron chi connectivity index (χ2n) is 11.1. The first-order valence-electron chi connectivity index (χ1n) is 14.1. The molecule has 190 valence electrons. The van der Waals surface area contributed by atoms with Gasteiger partial charge in [0.15, 0.2) is 0 Å². The molecular formula is C30H53INO+. The molecule has 1 aromatic rings. The van der Waals surface area contributed by atoms with Gasteiger partial charge in [-0.05, 0) is 45.7 Å². The number of methoxy groups -OCH3 is 1. The van der Waals surface area contributed by atoms with Crippen molar-refractivity contribution in [1.29, 1.82) is 0 Å². The van der Waals surface area contributed by atoms with E-state index in [0.717, 1.165) is 8.45 Å². The van der Waals surface area contributed by atoms with Crippen LogP contribution in [0.15, 0.2) is 18.2 Å². The van der Waals surface area contributed by atoms with Crippen molar-refractivity contribution in [2.45, 2.75) is 142 Å².